The summed E-state index contributed by atoms with van der Waals surface area (Å²) in [5, 5.41) is 0.140. The van der Waals surface area contributed by atoms with Crippen LogP contribution in [0.2, 0.25) is 5.02 Å². The van der Waals surface area contributed by atoms with Crippen LogP contribution in [-0.4, -0.2) is 57.6 Å². The van der Waals surface area contributed by atoms with E-state index in [-0.39, 0.29) is 34.2 Å². The van der Waals surface area contributed by atoms with Crippen LogP contribution in [0.5, 0.6) is 5.75 Å². The summed E-state index contributed by atoms with van der Waals surface area (Å²) in [4.78, 5) is 14.7. The fourth-order valence-electron chi connectivity index (χ4n) is 3.88. The van der Waals surface area contributed by atoms with Crippen molar-refractivity contribution in [2.45, 2.75) is 24.3 Å². The first kappa shape index (κ1) is 22.5. The van der Waals surface area contributed by atoms with E-state index in [9.17, 15) is 13.2 Å². The van der Waals surface area contributed by atoms with Crippen LogP contribution in [0.3, 0.4) is 0 Å². The second-order valence-corrected chi connectivity index (χ2v) is 10.7. The highest BCUT2D eigenvalue weighted by Gasteiger charge is 2.31. The van der Waals surface area contributed by atoms with Crippen molar-refractivity contribution in [3.8, 4) is 5.75 Å². The van der Waals surface area contributed by atoms with Crippen molar-refractivity contribution in [3.05, 3.63) is 51.5 Å². The van der Waals surface area contributed by atoms with Gasteiger partial charge in [0, 0.05) is 29.3 Å². The average molecular weight is 530 g/mol. The fourth-order valence-corrected chi connectivity index (χ4v) is 6.03. The van der Waals surface area contributed by atoms with Gasteiger partial charge < -0.3 is 14.4 Å². The number of hydrogen-bond donors (Lipinski definition) is 0. The molecule has 0 bridgehead atoms. The van der Waals surface area contributed by atoms with Gasteiger partial charge in [-0.3, -0.25) is 4.79 Å². The van der Waals surface area contributed by atoms with Gasteiger partial charge in [-0.25, -0.2) is 8.42 Å². The lowest BCUT2D eigenvalue weighted by molar-refractivity contribution is -0.120. The van der Waals surface area contributed by atoms with Crippen LogP contribution >= 0.6 is 27.5 Å². The van der Waals surface area contributed by atoms with Crippen molar-refractivity contribution >= 4 is 49.1 Å². The molecule has 0 aliphatic carbocycles. The number of anilines is 1. The lowest BCUT2D eigenvalue weighted by Gasteiger charge is -2.26. The molecular weight excluding hydrogens is 508 g/mol. The van der Waals surface area contributed by atoms with Crippen molar-refractivity contribution in [1.82, 2.24) is 4.31 Å². The molecular formula is C21H22BrClN2O5S. The number of carbonyl (C=O) groups is 1. The molecule has 0 radical (unpaired) electrons. The van der Waals surface area contributed by atoms with Gasteiger partial charge in [0.15, 0.2) is 6.61 Å². The zero-order chi connectivity index (χ0) is 22.2. The molecule has 1 atom stereocenters. The standard InChI is InChI=1S/C21H22BrClN2O5S/c1-14-10-15-11-16(22)2-4-19(15)25(14)21(26)13-30-20-5-3-17(12-18(20)23)31(27,28)24-6-8-29-9-7-24/h2-5,11-12,14H,6-10,13H2,1H3/t14-/m0/s1. The highest BCUT2D eigenvalue weighted by Crippen LogP contribution is 2.35. The Morgan fingerprint density at radius 2 is 1.97 bits per heavy atom. The lowest BCUT2D eigenvalue weighted by Crippen LogP contribution is -2.40. The minimum absolute atomic E-state index is 0.0249. The number of fused-ring (bicyclic) bond motifs is 1. The minimum atomic E-state index is -3.66. The van der Waals surface area contributed by atoms with Gasteiger partial charge >= 0.3 is 0 Å². The quantitative estimate of drug-likeness (QED) is 0.593. The van der Waals surface area contributed by atoms with Gasteiger partial charge in [-0.05, 0) is 55.3 Å². The van der Waals surface area contributed by atoms with Crippen LogP contribution in [0.15, 0.2) is 45.8 Å². The summed E-state index contributed by atoms with van der Waals surface area (Å²) < 4.78 is 38.8. The number of nitrogens with zero attached hydrogens (tertiary/aromatic N) is 2. The number of hydrogen-bond acceptors (Lipinski definition) is 5. The van der Waals surface area contributed by atoms with Crippen molar-refractivity contribution in [2.75, 3.05) is 37.8 Å². The molecule has 2 aromatic carbocycles. The summed E-state index contributed by atoms with van der Waals surface area (Å²) in [6.07, 6.45) is 0.773. The third-order valence-electron chi connectivity index (χ3n) is 5.39. The summed E-state index contributed by atoms with van der Waals surface area (Å²) in [6.45, 7) is 3.13. The molecule has 10 heteroatoms. The monoisotopic (exact) mass is 528 g/mol. The van der Waals surface area contributed by atoms with E-state index in [2.05, 4.69) is 15.9 Å². The number of ether oxygens (including phenoxy) is 2. The van der Waals surface area contributed by atoms with E-state index in [1.165, 1.54) is 22.5 Å². The maximum Gasteiger partial charge on any atom is 0.265 e. The number of rotatable bonds is 5. The van der Waals surface area contributed by atoms with Gasteiger partial charge in [-0.2, -0.15) is 4.31 Å². The van der Waals surface area contributed by atoms with Gasteiger partial charge in [0.25, 0.3) is 5.91 Å². The minimum Gasteiger partial charge on any atom is -0.482 e. The predicted octanol–water partition coefficient (Wildman–Crippen LogP) is 3.48. The van der Waals surface area contributed by atoms with E-state index in [1.807, 2.05) is 25.1 Å². The maximum atomic E-state index is 12.9. The second-order valence-electron chi connectivity index (χ2n) is 7.49. The largest absolute Gasteiger partial charge is 0.482 e. The van der Waals surface area contributed by atoms with Crippen molar-refractivity contribution in [2.24, 2.45) is 0 Å². The summed E-state index contributed by atoms with van der Waals surface area (Å²) in [7, 11) is -3.66. The topological polar surface area (TPSA) is 76.2 Å². The van der Waals surface area contributed by atoms with Crippen LogP contribution in [0, 0.1) is 0 Å². The average Bonchev–Trinajstić information content (AvgIpc) is 3.08. The number of amides is 1. The van der Waals surface area contributed by atoms with E-state index in [0.717, 1.165) is 22.1 Å². The number of morpholine rings is 1. The van der Waals surface area contributed by atoms with Gasteiger partial charge in [-0.1, -0.05) is 27.5 Å². The SMILES string of the molecule is C[C@H]1Cc2cc(Br)ccc2N1C(=O)COc1ccc(S(=O)(=O)N2CCOCC2)cc1Cl. The molecule has 2 aliphatic rings. The first-order valence-electron chi connectivity index (χ1n) is 9.88. The first-order chi connectivity index (χ1) is 14.8. The molecule has 0 unspecified atom stereocenters. The summed E-state index contributed by atoms with van der Waals surface area (Å²) >= 11 is 9.74. The van der Waals surface area contributed by atoms with Gasteiger partial charge in [0.2, 0.25) is 10.0 Å². The van der Waals surface area contributed by atoms with Crippen molar-refractivity contribution in [3.63, 3.8) is 0 Å². The van der Waals surface area contributed by atoms with Crippen LogP contribution < -0.4 is 9.64 Å². The Balaban J connectivity index is 1.45. The zero-order valence-electron chi connectivity index (χ0n) is 16.9. The third kappa shape index (κ3) is 4.61. The molecule has 0 N–H and O–H groups in total. The third-order valence-corrected chi connectivity index (χ3v) is 8.07. The maximum absolute atomic E-state index is 12.9. The summed E-state index contributed by atoms with van der Waals surface area (Å²) in [5.41, 5.74) is 1.98. The van der Waals surface area contributed by atoms with Crippen molar-refractivity contribution < 1.29 is 22.7 Å². The van der Waals surface area contributed by atoms with Crippen LogP contribution in [-0.2, 0) is 26.0 Å². The Hall–Kier alpha value is -1.65. The Morgan fingerprint density at radius 1 is 1.23 bits per heavy atom. The normalized spacial score (nSPS) is 19.3. The van der Waals surface area contributed by atoms with Gasteiger partial charge in [0.05, 0.1) is 23.1 Å². The summed E-state index contributed by atoms with van der Waals surface area (Å²) in [6, 6.07) is 10.2. The van der Waals surface area contributed by atoms with E-state index in [0.29, 0.717) is 26.3 Å². The zero-order valence-corrected chi connectivity index (χ0v) is 20.0. The van der Waals surface area contributed by atoms with Crippen LogP contribution in [0.4, 0.5) is 5.69 Å². The fraction of sp³-hybridized carbons (Fsp3) is 0.381. The molecule has 31 heavy (non-hydrogen) atoms. The molecule has 0 saturated carbocycles. The van der Waals surface area contributed by atoms with Crippen LogP contribution in [0.1, 0.15) is 12.5 Å². The second kappa shape index (κ2) is 9.07. The molecule has 2 aromatic rings. The molecule has 4 rings (SSSR count). The molecule has 1 fully saturated rings. The van der Waals surface area contributed by atoms with Crippen LogP contribution in [0.25, 0.3) is 0 Å². The van der Waals surface area contributed by atoms with E-state index in [1.54, 1.807) is 4.90 Å². The predicted molar refractivity (Wildman–Crippen MR) is 121 cm³/mol. The first-order valence-corrected chi connectivity index (χ1v) is 12.5. The van der Waals surface area contributed by atoms with Gasteiger partial charge in [0.1, 0.15) is 5.75 Å². The lowest BCUT2D eigenvalue weighted by atomic mass is 10.1. The van der Waals surface area contributed by atoms with E-state index >= 15 is 0 Å². The molecule has 0 aromatic heterocycles. The molecule has 1 amide bonds. The molecule has 2 heterocycles. The molecule has 1 saturated heterocycles. The Kier molecular flexibility index (Phi) is 6.60. The highest BCUT2D eigenvalue weighted by molar-refractivity contribution is 9.10. The summed E-state index contributed by atoms with van der Waals surface area (Å²) in [5.74, 6) is 0.0773. The number of halogens is 2. The smallest absolute Gasteiger partial charge is 0.265 e. The van der Waals surface area contributed by atoms with E-state index < -0.39 is 10.0 Å². The number of carbonyl (C=O) groups excluding carboxylic acids is 1. The van der Waals surface area contributed by atoms with Gasteiger partial charge in [-0.15, -0.1) is 0 Å². The highest BCUT2D eigenvalue weighted by atomic mass is 79.9. The Morgan fingerprint density at radius 3 is 2.68 bits per heavy atom. The Bertz CT molecular complexity index is 1100. The van der Waals surface area contributed by atoms with E-state index in [4.69, 9.17) is 21.1 Å². The number of benzene rings is 2. The molecule has 7 nitrogen and oxygen atoms in total. The van der Waals surface area contributed by atoms with Crippen molar-refractivity contribution in [1.29, 1.82) is 0 Å². The Labute approximate surface area is 195 Å². The molecule has 0 spiro atoms. The molecule has 2 aliphatic heterocycles. The number of sulfonamides is 1. The molecule has 166 valence electrons.